The van der Waals surface area contributed by atoms with Crippen LogP contribution in [0.5, 0.6) is 0 Å². The molecule has 2 fully saturated rings. The predicted molar refractivity (Wildman–Crippen MR) is 85.5 cm³/mol. The number of hydrogen-bond donors (Lipinski definition) is 3. The second kappa shape index (κ2) is 7.43. The number of nitrogens with one attached hydrogen (secondary N) is 1. The number of aliphatic hydroxyl groups excluding tert-OH is 2. The van der Waals surface area contributed by atoms with Crippen molar-refractivity contribution in [2.45, 2.75) is 63.1 Å². The standard InChI is InChI=1S/C18H25NO4/c20-15-14(10-12-6-4-5-7-12)19-18(22)16(21)17(15)23-11-13-8-2-1-3-9-13/h1-3,8-9,12,14-17,20-21H,4-7,10-11H2,(H,19,22)/t14-,15+,16-,17+/m0/s1. The summed E-state index contributed by atoms with van der Waals surface area (Å²) in [6.45, 7) is 0.267. The average Bonchev–Trinajstić information content (AvgIpc) is 3.06. The van der Waals surface area contributed by atoms with Crippen LogP contribution in [-0.4, -0.2) is 40.5 Å². The summed E-state index contributed by atoms with van der Waals surface area (Å²) in [4.78, 5) is 12.0. The first-order valence-electron chi connectivity index (χ1n) is 8.47. The highest BCUT2D eigenvalue weighted by atomic mass is 16.5. The highest BCUT2D eigenvalue weighted by Gasteiger charge is 2.44. The van der Waals surface area contributed by atoms with Crippen molar-refractivity contribution in [1.29, 1.82) is 0 Å². The van der Waals surface area contributed by atoms with Crippen molar-refractivity contribution in [1.82, 2.24) is 5.32 Å². The van der Waals surface area contributed by atoms with Crippen molar-refractivity contribution in [2.75, 3.05) is 0 Å². The van der Waals surface area contributed by atoms with E-state index < -0.39 is 24.2 Å². The first-order valence-corrected chi connectivity index (χ1v) is 8.47. The zero-order valence-corrected chi connectivity index (χ0v) is 13.2. The van der Waals surface area contributed by atoms with E-state index in [-0.39, 0.29) is 12.6 Å². The third-order valence-electron chi connectivity index (χ3n) is 5.00. The van der Waals surface area contributed by atoms with Gasteiger partial charge >= 0.3 is 0 Å². The summed E-state index contributed by atoms with van der Waals surface area (Å²) in [5.41, 5.74) is 0.949. The molecule has 1 saturated heterocycles. The molecule has 1 aliphatic carbocycles. The van der Waals surface area contributed by atoms with Crippen molar-refractivity contribution in [3.63, 3.8) is 0 Å². The van der Waals surface area contributed by atoms with Crippen LogP contribution >= 0.6 is 0 Å². The number of piperidine rings is 1. The van der Waals surface area contributed by atoms with Crippen molar-refractivity contribution < 1.29 is 19.7 Å². The van der Waals surface area contributed by atoms with Crippen LogP contribution in [0.15, 0.2) is 30.3 Å². The van der Waals surface area contributed by atoms with E-state index in [1.165, 1.54) is 12.8 Å². The fraction of sp³-hybridized carbons (Fsp3) is 0.611. The molecule has 3 rings (SSSR count). The van der Waals surface area contributed by atoms with Crippen LogP contribution in [0.25, 0.3) is 0 Å². The van der Waals surface area contributed by atoms with Gasteiger partial charge in [-0.1, -0.05) is 56.0 Å². The molecule has 4 atom stereocenters. The number of aliphatic hydroxyl groups is 2. The first kappa shape index (κ1) is 16.4. The van der Waals surface area contributed by atoms with Gasteiger partial charge in [0.15, 0.2) is 6.10 Å². The van der Waals surface area contributed by atoms with Crippen LogP contribution in [0.2, 0.25) is 0 Å². The molecule has 5 heteroatoms. The lowest BCUT2D eigenvalue weighted by molar-refractivity contribution is -0.166. The normalized spacial score (nSPS) is 32.0. The number of hydrogen-bond acceptors (Lipinski definition) is 4. The van der Waals surface area contributed by atoms with E-state index in [0.717, 1.165) is 24.8 Å². The summed E-state index contributed by atoms with van der Waals surface area (Å²) < 4.78 is 5.70. The van der Waals surface area contributed by atoms with Crippen LogP contribution in [-0.2, 0) is 16.1 Å². The Morgan fingerprint density at radius 2 is 1.83 bits per heavy atom. The Bertz CT molecular complexity index is 515. The highest BCUT2D eigenvalue weighted by Crippen LogP contribution is 2.31. The number of benzene rings is 1. The van der Waals surface area contributed by atoms with Gasteiger partial charge in [0.05, 0.1) is 12.6 Å². The van der Waals surface area contributed by atoms with Gasteiger partial charge in [0, 0.05) is 0 Å². The third-order valence-corrected chi connectivity index (χ3v) is 5.00. The monoisotopic (exact) mass is 319 g/mol. The molecule has 23 heavy (non-hydrogen) atoms. The SMILES string of the molecule is O=C1N[C@@H](CC2CCCC2)[C@@H](O)[C@@H](OCc2ccccc2)[C@@H]1O. The van der Waals surface area contributed by atoms with Gasteiger partial charge in [-0.15, -0.1) is 0 Å². The topological polar surface area (TPSA) is 78.8 Å². The number of ether oxygens (including phenoxy) is 1. The molecular formula is C18H25NO4. The van der Waals surface area contributed by atoms with Gasteiger partial charge in [-0.05, 0) is 17.9 Å². The number of carbonyl (C=O) groups is 1. The number of carbonyl (C=O) groups excluding carboxylic acids is 1. The van der Waals surface area contributed by atoms with Gasteiger partial charge in [-0.25, -0.2) is 0 Å². The molecule has 0 unspecified atom stereocenters. The Morgan fingerprint density at radius 1 is 1.13 bits per heavy atom. The molecule has 0 spiro atoms. The Balaban J connectivity index is 1.62. The Kier molecular flexibility index (Phi) is 5.30. The lowest BCUT2D eigenvalue weighted by Gasteiger charge is -2.39. The maximum atomic E-state index is 12.0. The maximum absolute atomic E-state index is 12.0. The zero-order valence-electron chi connectivity index (χ0n) is 13.2. The Labute approximate surface area is 136 Å². The van der Waals surface area contributed by atoms with Gasteiger partial charge in [0.2, 0.25) is 0 Å². The summed E-state index contributed by atoms with van der Waals surface area (Å²) >= 11 is 0. The van der Waals surface area contributed by atoms with E-state index in [2.05, 4.69) is 5.32 Å². The van der Waals surface area contributed by atoms with Gasteiger partial charge in [0.25, 0.3) is 5.91 Å². The fourth-order valence-corrected chi connectivity index (χ4v) is 3.68. The molecule has 1 amide bonds. The molecule has 1 heterocycles. The summed E-state index contributed by atoms with van der Waals surface area (Å²) in [5.74, 6) is 0.0938. The molecule has 0 aromatic heterocycles. The van der Waals surface area contributed by atoms with E-state index >= 15 is 0 Å². The van der Waals surface area contributed by atoms with Gasteiger partial charge < -0.3 is 20.3 Å². The van der Waals surface area contributed by atoms with Gasteiger partial charge in [0.1, 0.15) is 12.2 Å². The molecule has 1 aromatic rings. The smallest absolute Gasteiger partial charge is 0.251 e. The molecule has 3 N–H and O–H groups in total. The second-order valence-corrected chi connectivity index (χ2v) is 6.70. The maximum Gasteiger partial charge on any atom is 0.251 e. The molecule has 1 aliphatic heterocycles. The minimum absolute atomic E-state index is 0.267. The van der Waals surface area contributed by atoms with Gasteiger partial charge in [-0.3, -0.25) is 4.79 Å². The lowest BCUT2D eigenvalue weighted by Crippen LogP contribution is -2.63. The molecule has 1 aromatic carbocycles. The molecule has 126 valence electrons. The number of amides is 1. The first-order chi connectivity index (χ1) is 11.1. The molecule has 0 bridgehead atoms. The quantitative estimate of drug-likeness (QED) is 0.766. The average molecular weight is 319 g/mol. The predicted octanol–water partition coefficient (Wildman–Crippen LogP) is 1.37. The minimum atomic E-state index is -1.33. The summed E-state index contributed by atoms with van der Waals surface area (Å²) in [5, 5.41) is 23.4. The summed E-state index contributed by atoms with van der Waals surface area (Å²) in [6.07, 6.45) is 2.41. The zero-order chi connectivity index (χ0) is 16.2. The van der Waals surface area contributed by atoms with Crippen LogP contribution in [0.4, 0.5) is 0 Å². The largest absolute Gasteiger partial charge is 0.388 e. The second-order valence-electron chi connectivity index (χ2n) is 6.70. The van der Waals surface area contributed by atoms with E-state index in [1.54, 1.807) is 0 Å². The molecular weight excluding hydrogens is 294 g/mol. The Morgan fingerprint density at radius 3 is 2.52 bits per heavy atom. The fourth-order valence-electron chi connectivity index (χ4n) is 3.68. The van der Waals surface area contributed by atoms with Crippen LogP contribution < -0.4 is 5.32 Å². The highest BCUT2D eigenvalue weighted by molar-refractivity contribution is 5.82. The van der Waals surface area contributed by atoms with E-state index in [9.17, 15) is 15.0 Å². The van der Waals surface area contributed by atoms with Gasteiger partial charge in [-0.2, -0.15) is 0 Å². The lowest BCUT2D eigenvalue weighted by atomic mass is 9.88. The minimum Gasteiger partial charge on any atom is -0.388 e. The van der Waals surface area contributed by atoms with E-state index in [4.69, 9.17) is 4.74 Å². The molecule has 1 saturated carbocycles. The summed E-state index contributed by atoms with van der Waals surface area (Å²) in [7, 11) is 0. The molecule has 5 nitrogen and oxygen atoms in total. The van der Waals surface area contributed by atoms with Crippen LogP contribution in [0, 0.1) is 5.92 Å². The van der Waals surface area contributed by atoms with Crippen LogP contribution in [0.1, 0.15) is 37.7 Å². The van der Waals surface area contributed by atoms with Crippen LogP contribution in [0.3, 0.4) is 0 Å². The third kappa shape index (κ3) is 3.91. The van der Waals surface area contributed by atoms with Crippen molar-refractivity contribution in [2.24, 2.45) is 5.92 Å². The molecule has 0 radical (unpaired) electrons. The number of rotatable bonds is 5. The van der Waals surface area contributed by atoms with E-state index in [0.29, 0.717) is 5.92 Å². The Hall–Kier alpha value is -1.43. The van der Waals surface area contributed by atoms with E-state index in [1.807, 2.05) is 30.3 Å². The molecule has 2 aliphatic rings. The summed E-state index contributed by atoms with van der Waals surface area (Å²) in [6, 6.07) is 9.22. The van der Waals surface area contributed by atoms with Crippen molar-refractivity contribution in [3.8, 4) is 0 Å². The van der Waals surface area contributed by atoms with Crippen molar-refractivity contribution >= 4 is 5.91 Å². The van der Waals surface area contributed by atoms with Crippen molar-refractivity contribution in [3.05, 3.63) is 35.9 Å².